The molecule has 0 radical (unpaired) electrons. The maximum atomic E-state index is 12.2. The smallest absolute Gasteiger partial charge is 0.230 e. The Bertz CT molecular complexity index is 1070. The average molecular weight is 379 g/mol. The van der Waals surface area contributed by atoms with Crippen LogP contribution in [0.5, 0.6) is 0 Å². The Labute approximate surface area is 160 Å². The Kier molecular flexibility index (Phi) is 4.69. The third-order valence-electron chi connectivity index (χ3n) is 4.07. The van der Waals surface area contributed by atoms with Gasteiger partial charge in [0.05, 0.1) is 12.1 Å². The SMILES string of the molecule is O=C(Cc1ccc(Cl)cc1)Nc1nc(-c2ccc3ccccc3c2)cs1. The van der Waals surface area contributed by atoms with Crippen molar-refractivity contribution in [2.75, 3.05) is 5.32 Å². The zero-order valence-corrected chi connectivity index (χ0v) is 15.3. The standard InChI is InChI=1S/C21H15ClN2OS/c22-18-9-5-14(6-10-18)11-20(25)24-21-23-19(13-26-21)17-8-7-15-3-1-2-4-16(15)12-17/h1-10,12-13H,11H2,(H,23,24,25). The number of carbonyl (C=O) groups is 1. The van der Waals surface area contributed by atoms with Gasteiger partial charge in [0.25, 0.3) is 0 Å². The summed E-state index contributed by atoms with van der Waals surface area (Å²) < 4.78 is 0. The number of hydrogen-bond donors (Lipinski definition) is 1. The summed E-state index contributed by atoms with van der Waals surface area (Å²) >= 11 is 7.29. The number of carbonyl (C=O) groups excluding carboxylic acids is 1. The number of halogens is 1. The van der Waals surface area contributed by atoms with E-state index in [0.29, 0.717) is 16.6 Å². The predicted octanol–water partition coefficient (Wildman–Crippen LogP) is 5.80. The molecule has 3 aromatic carbocycles. The highest BCUT2D eigenvalue weighted by Gasteiger charge is 2.09. The second kappa shape index (κ2) is 7.28. The molecule has 4 aromatic rings. The zero-order chi connectivity index (χ0) is 17.9. The second-order valence-electron chi connectivity index (χ2n) is 5.95. The van der Waals surface area contributed by atoms with E-state index in [-0.39, 0.29) is 5.91 Å². The van der Waals surface area contributed by atoms with Crippen LogP contribution in [-0.4, -0.2) is 10.9 Å². The summed E-state index contributed by atoms with van der Waals surface area (Å²) in [5.74, 6) is -0.0910. The summed E-state index contributed by atoms with van der Waals surface area (Å²) in [4.78, 5) is 16.8. The quantitative estimate of drug-likeness (QED) is 0.487. The van der Waals surface area contributed by atoms with Crippen molar-refractivity contribution < 1.29 is 4.79 Å². The summed E-state index contributed by atoms with van der Waals surface area (Å²) in [5.41, 5.74) is 2.82. The molecule has 0 fully saturated rings. The summed E-state index contributed by atoms with van der Waals surface area (Å²) in [6, 6.07) is 21.7. The van der Waals surface area contributed by atoms with Crippen LogP contribution in [-0.2, 0) is 11.2 Å². The molecule has 0 aliphatic heterocycles. The molecule has 1 N–H and O–H groups in total. The molecule has 0 saturated heterocycles. The van der Waals surface area contributed by atoms with Gasteiger partial charge in [0, 0.05) is 16.0 Å². The highest BCUT2D eigenvalue weighted by molar-refractivity contribution is 7.14. The average Bonchev–Trinajstić information content (AvgIpc) is 3.11. The van der Waals surface area contributed by atoms with Crippen molar-refractivity contribution in [1.82, 2.24) is 4.98 Å². The van der Waals surface area contributed by atoms with Crippen molar-refractivity contribution in [3.05, 3.63) is 82.7 Å². The van der Waals surface area contributed by atoms with Gasteiger partial charge in [-0.1, -0.05) is 60.1 Å². The molecule has 128 valence electrons. The van der Waals surface area contributed by atoms with Crippen molar-refractivity contribution in [1.29, 1.82) is 0 Å². The fourth-order valence-electron chi connectivity index (χ4n) is 2.76. The van der Waals surface area contributed by atoms with E-state index in [9.17, 15) is 4.79 Å². The first kappa shape index (κ1) is 16.8. The maximum Gasteiger partial charge on any atom is 0.230 e. The predicted molar refractivity (Wildman–Crippen MR) is 109 cm³/mol. The molecule has 1 aromatic heterocycles. The lowest BCUT2D eigenvalue weighted by molar-refractivity contribution is -0.115. The fourth-order valence-corrected chi connectivity index (χ4v) is 3.63. The molecule has 0 spiro atoms. The van der Waals surface area contributed by atoms with Gasteiger partial charge < -0.3 is 5.32 Å². The number of amides is 1. The maximum absolute atomic E-state index is 12.2. The lowest BCUT2D eigenvalue weighted by Gasteiger charge is -2.03. The number of rotatable bonds is 4. The van der Waals surface area contributed by atoms with Crippen LogP contribution in [0.2, 0.25) is 5.02 Å². The van der Waals surface area contributed by atoms with Crippen molar-refractivity contribution in [3.63, 3.8) is 0 Å². The van der Waals surface area contributed by atoms with Gasteiger partial charge in [-0.05, 0) is 34.5 Å². The number of hydrogen-bond acceptors (Lipinski definition) is 3. The largest absolute Gasteiger partial charge is 0.302 e. The summed E-state index contributed by atoms with van der Waals surface area (Å²) in [6.07, 6.45) is 0.294. The van der Waals surface area contributed by atoms with Crippen molar-refractivity contribution >= 4 is 44.7 Å². The Hall–Kier alpha value is -2.69. The second-order valence-corrected chi connectivity index (χ2v) is 7.25. The minimum atomic E-state index is -0.0910. The first-order valence-electron chi connectivity index (χ1n) is 8.16. The van der Waals surface area contributed by atoms with Gasteiger partial charge in [0.1, 0.15) is 0 Å². The number of benzene rings is 3. The molecule has 1 amide bonds. The van der Waals surface area contributed by atoms with Gasteiger partial charge in [0.2, 0.25) is 5.91 Å². The Morgan fingerprint density at radius 2 is 1.77 bits per heavy atom. The molecule has 0 unspecified atom stereocenters. The van der Waals surface area contributed by atoms with Crippen molar-refractivity contribution in [2.24, 2.45) is 0 Å². The highest BCUT2D eigenvalue weighted by atomic mass is 35.5. The molecule has 4 rings (SSSR count). The van der Waals surface area contributed by atoms with E-state index in [0.717, 1.165) is 16.8 Å². The topological polar surface area (TPSA) is 42.0 Å². The van der Waals surface area contributed by atoms with Gasteiger partial charge >= 0.3 is 0 Å². The zero-order valence-electron chi connectivity index (χ0n) is 13.8. The number of nitrogens with zero attached hydrogens (tertiary/aromatic N) is 1. The first-order valence-corrected chi connectivity index (χ1v) is 9.42. The van der Waals surface area contributed by atoms with Crippen LogP contribution in [0.1, 0.15) is 5.56 Å². The van der Waals surface area contributed by atoms with Crippen LogP contribution in [0.4, 0.5) is 5.13 Å². The number of anilines is 1. The van der Waals surface area contributed by atoms with Crippen LogP contribution in [0.25, 0.3) is 22.0 Å². The summed E-state index contributed by atoms with van der Waals surface area (Å²) in [5, 5.41) is 8.46. The molecular weight excluding hydrogens is 364 g/mol. The molecule has 5 heteroatoms. The summed E-state index contributed by atoms with van der Waals surface area (Å²) in [6.45, 7) is 0. The molecule has 0 aliphatic carbocycles. The van der Waals surface area contributed by atoms with Gasteiger partial charge in [-0.15, -0.1) is 11.3 Å². The Morgan fingerprint density at radius 3 is 2.58 bits per heavy atom. The number of fused-ring (bicyclic) bond motifs is 1. The van der Waals surface area contributed by atoms with Crippen molar-refractivity contribution in [3.8, 4) is 11.3 Å². The van der Waals surface area contributed by atoms with E-state index < -0.39 is 0 Å². The third-order valence-corrected chi connectivity index (χ3v) is 5.08. The third kappa shape index (κ3) is 3.77. The summed E-state index contributed by atoms with van der Waals surface area (Å²) in [7, 11) is 0. The van der Waals surface area contributed by atoms with Gasteiger partial charge in [-0.3, -0.25) is 4.79 Å². The van der Waals surface area contributed by atoms with Crippen LogP contribution < -0.4 is 5.32 Å². The Morgan fingerprint density at radius 1 is 1.00 bits per heavy atom. The molecule has 1 heterocycles. The molecule has 26 heavy (non-hydrogen) atoms. The van der Waals surface area contributed by atoms with Gasteiger partial charge in [0.15, 0.2) is 5.13 Å². The molecular formula is C21H15ClN2OS. The molecule has 0 aliphatic rings. The van der Waals surface area contributed by atoms with Gasteiger partial charge in [-0.2, -0.15) is 0 Å². The molecule has 0 bridgehead atoms. The molecule has 3 nitrogen and oxygen atoms in total. The van der Waals surface area contributed by atoms with E-state index in [2.05, 4.69) is 40.6 Å². The van der Waals surface area contributed by atoms with E-state index in [4.69, 9.17) is 11.6 Å². The number of thiazole rings is 1. The van der Waals surface area contributed by atoms with Crippen LogP contribution in [0.15, 0.2) is 72.1 Å². The van der Waals surface area contributed by atoms with Crippen molar-refractivity contribution in [2.45, 2.75) is 6.42 Å². The minimum Gasteiger partial charge on any atom is -0.302 e. The van der Waals surface area contributed by atoms with Gasteiger partial charge in [-0.25, -0.2) is 4.98 Å². The lowest BCUT2D eigenvalue weighted by atomic mass is 10.1. The molecule has 0 saturated carbocycles. The van der Waals surface area contributed by atoms with Crippen LogP contribution >= 0.6 is 22.9 Å². The van der Waals surface area contributed by atoms with E-state index in [1.165, 1.54) is 22.1 Å². The van der Waals surface area contributed by atoms with Crippen LogP contribution in [0, 0.1) is 0 Å². The van der Waals surface area contributed by atoms with Crippen LogP contribution in [0.3, 0.4) is 0 Å². The van der Waals surface area contributed by atoms with E-state index in [1.807, 2.05) is 29.6 Å². The highest BCUT2D eigenvalue weighted by Crippen LogP contribution is 2.27. The monoisotopic (exact) mass is 378 g/mol. The van der Waals surface area contributed by atoms with E-state index in [1.54, 1.807) is 12.1 Å². The fraction of sp³-hybridized carbons (Fsp3) is 0.0476. The minimum absolute atomic E-state index is 0.0910. The number of aromatic nitrogens is 1. The normalized spacial score (nSPS) is 10.8. The lowest BCUT2D eigenvalue weighted by Crippen LogP contribution is -2.14. The Balaban J connectivity index is 1.48. The molecule has 0 atom stereocenters. The first-order chi connectivity index (χ1) is 12.7. The number of nitrogens with one attached hydrogen (secondary N) is 1. The van der Waals surface area contributed by atoms with E-state index >= 15 is 0 Å².